The number of Topliss-reactive ketones (excluding diaryl/α,β-unsaturated/α-hetero) is 1. The topological polar surface area (TPSA) is 85.8 Å². The molecule has 134 valence electrons. The quantitative estimate of drug-likeness (QED) is 0.774. The van der Waals surface area contributed by atoms with E-state index in [4.69, 9.17) is 13.7 Å². The number of ether oxygens (including phenoxy) is 1. The number of morpholine rings is 1. The fourth-order valence-corrected chi connectivity index (χ4v) is 3.03. The van der Waals surface area contributed by atoms with Crippen molar-refractivity contribution in [2.75, 3.05) is 19.8 Å². The van der Waals surface area contributed by atoms with Crippen molar-refractivity contribution in [3.8, 4) is 0 Å². The van der Waals surface area contributed by atoms with Crippen molar-refractivity contribution < 1.29 is 23.3 Å². The molecule has 1 aliphatic heterocycles. The molecule has 7 heteroatoms. The molecule has 1 fully saturated rings. The average Bonchev–Trinajstić information content (AvgIpc) is 3.24. The number of hydrogen-bond acceptors (Lipinski definition) is 6. The maximum Gasteiger partial charge on any atom is 0.259 e. The molecular weight excluding hydrogens is 324 g/mol. The molecule has 0 bridgehead atoms. The minimum Gasteiger partial charge on any atom is -0.461 e. The molecule has 1 atom stereocenters. The fraction of sp³-hybridized carbons (Fsp3) is 0.500. The lowest BCUT2D eigenvalue weighted by molar-refractivity contribution is -0.00319. The van der Waals surface area contributed by atoms with Crippen LogP contribution in [-0.2, 0) is 4.74 Å². The predicted octanol–water partition coefficient (Wildman–Crippen LogP) is 2.81. The molecule has 2 aromatic heterocycles. The van der Waals surface area contributed by atoms with E-state index in [1.807, 2.05) is 13.8 Å². The van der Waals surface area contributed by atoms with E-state index < -0.39 is 0 Å². The van der Waals surface area contributed by atoms with Gasteiger partial charge in [0.2, 0.25) is 0 Å². The van der Waals surface area contributed by atoms with Gasteiger partial charge in [-0.3, -0.25) is 9.59 Å². The van der Waals surface area contributed by atoms with Crippen LogP contribution >= 0.6 is 0 Å². The Hall–Kier alpha value is -2.41. The van der Waals surface area contributed by atoms with Crippen molar-refractivity contribution in [3.63, 3.8) is 0 Å². The predicted molar refractivity (Wildman–Crippen MR) is 88.6 cm³/mol. The molecular formula is C18H22N2O5. The van der Waals surface area contributed by atoms with Gasteiger partial charge in [-0.15, -0.1) is 0 Å². The smallest absolute Gasteiger partial charge is 0.259 e. The van der Waals surface area contributed by atoms with E-state index in [1.165, 1.54) is 6.26 Å². The molecule has 7 nitrogen and oxygen atoms in total. The van der Waals surface area contributed by atoms with E-state index in [0.29, 0.717) is 42.5 Å². The molecule has 3 heterocycles. The Morgan fingerprint density at radius 3 is 2.88 bits per heavy atom. The van der Waals surface area contributed by atoms with Gasteiger partial charge in [0.25, 0.3) is 5.91 Å². The molecule has 0 saturated carbocycles. The summed E-state index contributed by atoms with van der Waals surface area (Å²) >= 11 is 0. The summed E-state index contributed by atoms with van der Waals surface area (Å²) in [6.45, 7) is 6.85. The number of amides is 1. The van der Waals surface area contributed by atoms with Gasteiger partial charge < -0.3 is 18.6 Å². The summed E-state index contributed by atoms with van der Waals surface area (Å²) in [6.07, 6.45) is 1.61. The summed E-state index contributed by atoms with van der Waals surface area (Å²) in [6, 6.07) is 2.95. The number of ketones is 1. The summed E-state index contributed by atoms with van der Waals surface area (Å²) < 4.78 is 16.0. The molecule has 0 aromatic carbocycles. The van der Waals surface area contributed by atoms with Gasteiger partial charge in [0.05, 0.1) is 31.2 Å². The Morgan fingerprint density at radius 1 is 1.40 bits per heavy atom. The monoisotopic (exact) mass is 346 g/mol. The first-order valence-corrected chi connectivity index (χ1v) is 8.40. The molecule has 0 aliphatic carbocycles. The van der Waals surface area contributed by atoms with E-state index in [9.17, 15) is 9.59 Å². The number of hydrogen-bond donors (Lipinski definition) is 0. The minimum atomic E-state index is -0.340. The highest BCUT2D eigenvalue weighted by molar-refractivity contribution is 5.98. The third-order valence-electron chi connectivity index (χ3n) is 4.33. The normalized spacial score (nSPS) is 17.9. The largest absolute Gasteiger partial charge is 0.461 e. The van der Waals surface area contributed by atoms with Crippen LogP contribution in [0.4, 0.5) is 0 Å². The number of carbonyl (C=O) groups is 2. The van der Waals surface area contributed by atoms with E-state index in [1.54, 1.807) is 24.0 Å². The molecule has 0 unspecified atom stereocenters. The van der Waals surface area contributed by atoms with Crippen molar-refractivity contribution in [3.05, 3.63) is 41.2 Å². The molecule has 1 aliphatic rings. The second kappa shape index (κ2) is 7.23. The van der Waals surface area contributed by atoms with Crippen molar-refractivity contribution in [2.45, 2.75) is 39.2 Å². The van der Waals surface area contributed by atoms with Gasteiger partial charge in [-0.2, -0.15) is 0 Å². The highest BCUT2D eigenvalue weighted by Crippen LogP contribution is 2.26. The van der Waals surface area contributed by atoms with Gasteiger partial charge >= 0.3 is 0 Å². The Labute approximate surface area is 145 Å². The third-order valence-corrected chi connectivity index (χ3v) is 4.33. The zero-order valence-electron chi connectivity index (χ0n) is 14.7. The minimum absolute atomic E-state index is 0.0457. The van der Waals surface area contributed by atoms with E-state index in [-0.39, 0.29) is 30.1 Å². The van der Waals surface area contributed by atoms with Gasteiger partial charge in [-0.25, -0.2) is 0 Å². The molecule has 25 heavy (non-hydrogen) atoms. The molecule has 0 N–H and O–H groups in total. The first-order valence-electron chi connectivity index (χ1n) is 8.40. The third kappa shape index (κ3) is 3.51. The Balaban J connectivity index is 1.82. The number of aromatic nitrogens is 1. The van der Waals surface area contributed by atoms with Gasteiger partial charge in [-0.1, -0.05) is 19.0 Å². The van der Waals surface area contributed by atoms with Crippen LogP contribution in [0.2, 0.25) is 0 Å². The molecule has 1 amide bonds. The number of carbonyl (C=O) groups excluding carboxylic acids is 2. The van der Waals surface area contributed by atoms with Crippen molar-refractivity contribution in [1.29, 1.82) is 0 Å². The van der Waals surface area contributed by atoms with Crippen LogP contribution < -0.4 is 0 Å². The summed E-state index contributed by atoms with van der Waals surface area (Å²) in [5.41, 5.74) is 1.06. The lowest BCUT2D eigenvalue weighted by atomic mass is 10.0. The standard InChI is InChI=1S/C18H22N2O5/c1-11(2)17-16(12(3)19-25-17)18(22)20-6-8-23-10-13(20)9-14(21)15-5-4-7-24-15/h4-5,7,11,13H,6,8-10H2,1-3H3/t13-/m0/s1. The van der Waals surface area contributed by atoms with Crippen LogP contribution in [0.3, 0.4) is 0 Å². The van der Waals surface area contributed by atoms with Gasteiger partial charge in [-0.05, 0) is 19.1 Å². The zero-order chi connectivity index (χ0) is 18.0. The second-order valence-corrected chi connectivity index (χ2v) is 6.49. The van der Waals surface area contributed by atoms with Crippen LogP contribution in [0.1, 0.15) is 58.6 Å². The summed E-state index contributed by atoms with van der Waals surface area (Å²) in [5, 5.41) is 3.94. The molecule has 0 spiro atoms. The van der Waals surface area contributed by atoms with Crippen molar-refractivity contribution >= 4 is 11.7 Å². The molecule has 3 rings (SSSR count). The molecule has 0 radical (unpaired) electrons. The average molecular weight is 346 g/mol. The summed E-state index contributed by atoms with van der Waals surface area (Å²) in [4.78, 5) is 27.2. The lowest BCUT2D eigenvalue weighted by Crippen LogP contribution is -2.49. The molecule has 1 saturated heterocycles. The first kappa shape index (κ1) is 17.4. The maximum absolute atomic E-state index is 13.1. The van der Waals surface area contributed by atoms with E-state index in [0.717, 1.165) is 0 Å². The van der Waals surface area contributed by atoms with E-state index in [2.05, 4.69) is 5.16 Å². The number of aryl methyl sites for hydroxylation is 1. The highest BCUT2D eigenvalue weighted by Gasteiger charge is 2.34. The maximum atomic E-state index is 13.1. The fourth-order valence-electron chi connectivity index (χ4n) is 3.03. The number of furan rings is 1. The Bertz CT molecular complexity index is 748. The zero-order valence-corrected chi connectivity index (χ0v) is 14.7. The Kier molecular flexibility index (Phi) is 5.03. The van der Waals surface area contributed by atoms with E-state index >= 15 is 0 Å². The molecule has 2 aromatic rings. The van der Waals surface area contributed by atoms with Crippen molar-refractivity contribution in [1.82, 2.24) is 10.1 Å². The van der Waals surface area contributed by atoms with Crippen molar-refractivity contribution in [2.24, 2.45) is 0 Å². The van der Waals surface area contributed by atoms with Crippen LogP contribution in [0.15, 0.2) is 27.3 Å². The lowest BCUT2D eigenvalue weighted by Gasteiger charge is -2.35. The number of rotatable bonds is 5. The first-order chi connectivity index (χ1) is 12.0. The second-order valence-electron chi connectivity index (χ2n) is 6.49. The van der Waals surface area contributed by atoms with Gasteiger partial charge in [0.15, 0.2) is 17.3 Å². The number of nitrogens with zero attached hydrogens (tertiary/aromatic N) is 2. The van der Waals surface area contributed by atoms with Crippen LogP contribution in [0.25, 0.3) is 0 Å². The van der Waals surface area contributed by atoms with Gasteiger partial charge in [0, 0.05) is 18.9 Å². The van der Waals surface area contributed by atoms with Crippen LogP contribution in [0, 0.1) is 6.92 Å². The van der Waals surface area contributed by atoms with Crippen LogP contribution in [-0.4, -0.2) is 47.5 Å². The highest BCUT2D eigenvalue weighted by atomic mass is 16.5. The summed E-state index contributed by atoms with van der Waals surface area (Å²) in [7, 11) is 0. The SMILES string of the molecule is Cc1noc(C(C)C)c1C(=O)N1CCOC[C@@H]1CC(=O)c1ccco1. The van der Waals surface area contributed by atoms with Gasteiger partial charge in [0.1, 0.15) is 5.56 Å². The van der Waals surface area contributed by atoms with Crippen LogP contribution in [0.5, 0.6) is 0 Å². The Morgan fingerprint density at radius 2 is 2.20 bits per heavy atom. The summed E-state index contributed by atoms with van der Waals surface area (Å²) in [5.74, 6) is 0.601.